The molecule has 0 bridgehead atoms. The zero-order chi connectivity index (χ0) is 19.9. The summed E-state index contributed by atoms with van der Waals surface area (Å²) in [5, 5.41) is 0. The summed E-state index contributed by atoms with van der Waals surface area (Å²) in [5.74, 6) is -0.451. The fourth-order valence-electron chi connectivity index (χ4n) is 4.39. The van der Waals surface area contributed by atoms with Gasteiger partial charge in [0.2, 0.25) is 0 Å². The van der Waals surface area contributed by atoms with E-state index in [1.807, 2.05) is 0 Å². The van der Waals surface area contributed by atoms with Crippen LogP contribution in [0.3, 0.4) is 0 Å². The zero-order valence-corrected chi connectivity index (χ0v) is 14.6. The van der Waals surface area contributed by atoms with Crippen molar-refractivity contribution in [1.29, 1.82) is 0 Å². The van der Waals surface area contributed by atoms with Crippen molar-refractivity contribution < 1.29 is 0 Å². The van der Waals surface area contributed by atoms with Crippen molar-refractivity contribution in [3.05, 3.63) is 91.7 Å². The number of rotatable bonds is 1. The first-order chi connectivity index (χ1) is 12.6. The molecular formula is C18H23N9. The predicted molar refractivity (Wildman–Crippen MR) is 104 cm³/mol. The highest BCUT2D eigenvalue weighted by Crippen LogP contribution is 2.55. The third kappa shape index (κ3) is 1.66. The van der Waals surface area contributed by atoms with E-state index >= 15 is 0 Å². The molecule has 0 saturated carbocycles. The van der Waals surface area contributed by atoms with Gasteiger partial charge in [-0.15, -0.1) is 0 Å². The van der Waals surface area contributed by atoms with E-state index in [1.165, 1.54) is 0 Å². The van der Waals surface area contributed by atoms with Crippen molar-refractivity contribution in [2.24, 2.45) is 57.5 Å². The molecule has 0 aromatic carbocycles. The van der Waals surface area contributed by atoms with Gasteiger partial charge in [0, 0.05) is 28.2 Å². The lowest BCUT2D eigenvalue weighted by Crippen LogP contribution is -2.47. The van der Waals surface area contributed by atoms with E-state index < -0.39 is 12.0 Å². The minimum absolute atomic E-state index is 0.256. The summed E-state index contributed by atoms with van der Waals surface area (Å²) >= 11 is 0. The Morgan fingerprint density at radius 3 is 1.74 bits per heavy atom. The van der Waals surface area contributed by atoms with Crippen molar-refractivity contribution in [3.8, 4) is 0 Å². The molecule has 4 rings (SSSR count). The van der Waals surface area contributed by atoms with Gasteiger partial charge >= 0.3 is 0 Å². The van der Waals surface area contributed by atoms with E-state index in [1.54, 1.807) is 6.08 Å². The van der Waals surface area contributed by atoms with Gasteiger partial charge in [-0.25, -0.2) is 0 Å². The van der Waals surface area contributed by atoms with Gasteiger partial charge in [-0.05, 0) is 11.1 Å². The van der Waals surface area contributed by atoms with Crippen LogP contribution in [0.4, 0.5) is 0 Å². The third-order valence-electron chi connectivity index (χ3n) is 5.74. The Morgan fingerprint density at radius 1 is 0.593 bits per heavy atom. The second-order valence-corrected chi connectivity index (χ2v) is 6.91. The molecule has 2 unspecified atom stereocenters. The van der Waals surface area contributed by atoms with Crippen molar-refractivity contribution in [1.82, 2.24) is 0 Å². The van der Waals surface area contributed by atoms with Crippen LogP contribution < -0.4 is 51.6 Å². The van der Waals surface area contributed by atoms with Crippen LogP contribution in [0.1, 0.15) is 0 Å². The van der Waals surface area contributed by atoms with Gasteiger partial charge in [-0.1, -0.05) is 12.7 Å². The molecule has 4 aliphatic carbocycles. The van der Waals surface area contributed by atoms with Gasteiger partial charge in [0.25, 0.3) is 0 Å². The molecule has 2 atom stereocenters. The highest BCUT2D eigenvalue weighted by atomic mass is 14.9. The Kier molecular flexibility index (Phi) is 3.05. The van der Waals surface area contributed by atoms with E-state index in [4.69, 9.17) is 51.6 Å². The van der Waals surface area contributed by atoms with Gasteiger partial charge in [0.15, 0.2) is 0 Å². The van der Waals surface area contributed by atoms with Crippen LogP contribution in [-0.4, -0.2) is 6.04 Å². The van der Waals surface area contributed by atoms with Crippen LogP contribution in [0, 0.1) is 5.92 Å². The molecule has 0 spiro atoms. The smallest absolute Gasteiger partial charge is 0.0744 e. The maximum absolute atomic E-state index is 6.41. The molecule has 0 fully saturated rings. The monoisotopic (exact) mass is 365 g/mol. The van der Waals surface area contributed by atoms with Crippen LogP contribution in [0.2, 0.25) is 0 Å². The van der Waals surface area contributed by atoms with Crippen LogP contribution >= 0.6 is 0 Å². The number of allylic oxidation sites excluding steroid dienone is 4. The highest BCUT2D eigenvalue weighted by molar-refractivity contribution is 5.79. The Labute approximate surface area is 155 Å². The van der Waals surface area contributed by atoms with Crippen LogP contribution in [0.5, 0.6) is 0 Å². The molecule has 9 heteroatoms. The van der Waals surface area contributed by atoms with E-state index in [2.05, 4.69) is 6.58 Å². The van der Waals surface area contributed by atoms with E-state index in [0.717, 1.165) is 0 Å². The van der Waals surface area contributed by atoms with E-state index in [0.29, 0.717) is 56.2 Å². The summed E-state index contributed by atoms with van der Waals surface area (Å²) < 4.78 is 0. The van der Waals surface area contributed by atoms with Crippen LogP contribution in [0.25, 0.3) is 0 Å². The predicted octanol–water partition coefficient (Wildman–Crippen LogP) is -2.42. The summed E-state index contributed by atoms with van der Waals surface area (Å²) in [6.07, 6.45) is 1.59. The van der Waals surface area contributed by atoms with E-state index in [-0.39, 0.29) is 22.8 Å². The van der Waals surface area contributed by atoms with E-state index in [9.17, 15) is 0 Å². The third-order valence-corrected chi connectivity index (χ3v) is 5.74. The summed E-state index contributed by atoms with van der Waals surface area (Å²) in [7, 11) is 0. The molecule has 4 aliphatic rings. The summed E-state index contributed by atoms with van der Waals surface area (Å²) in [4.78, 5) is 0. The Hall–Kier alpha value is -3.72. The molecule has 0 saturated heterocycles. The normalized spacial score (nSPS) is 27.7. The standard InChI is InChI=1S/C18H23N9/c1-2-3-4-5-6-8(13(22)11(4)20)16(25)18(27)17(26)9(6)15(24)14(23)7(5)12(21)10(3)19/h2,5,16H,1,19-27H2. The molecule has 0 aliphatic heterocycles. The Morgan fingerprint density at radius 2 is 1.15 bits per heavy atom. The first kappa shape index (κ1) is 16.7. The van der Waals surface area contributed by atoms with Gasteiger partial charge in [0.05, 0.1) is 51.6 Å². The first-order valence-electron chi connectivity index (χ1n) is 8.28. The lowest BCUT2D eigenvalue weighted by atomic mass is 9.62. The maximum Gasteiger partial charge on any atom is 0.0744 e. The molecule has 0 heterocycles. The van der Waals surface area contributed by atoms with Gasteiger partial charge < -0.3 is 51.6 Å². The van der Waals surface area contributed by atoms with Gasteiger partial charge in [-0.3, -0.25) is 0 Å². The minimum Gasteiger partial charge on any atom is -0.399 e. The molecule has 0 amide bonds. The van der Waals surface area contributed by atoms with Crippen LogP contribution in [0.15, 0.2) is 91.7 Å². The topological polar surface area (TPSA) is 234 Å². The summed E-state index contributed by atoms with van der Waals surface area (Å²) in [5.41, 5.74) is 62.8. The average molecular weight is 365 g/mol. The fourth-order valence-corrected chi connectivity index (χ4v) is 4.39. The average Bonchev–Trinajstić information content (AvgIpc) is 2.63. The molecular weight excluding hydrogens is 342 g/mol. The molecule has 18 N–H and O–H groups in total. The lowest BCUT2D eigenvalue weighted by molar-refractivity contribution is 0.701. The second kappa shape index (κ2) is 4.92. The minimum atomic E-state index is -0.728. The summed E-state index contributed by atoms with van der Waals surface area (Å²) in [6.45, 7) is 3.84. The first-order valence-corrected chi connectivity index (χ1v) is 8.28. The summed E-state index contributed by atoms with van der Waals surface area (Å²) in [6, 6.07) is -0.728. The Balaban J connectivity index is 2.26. The fraction of sp³-hybridized carbons (Fsp3) is 0.111. The molecule has 0 radical (unpaired) electrons. The van der Waals surface area contributed by atoms with Crippen molar-refractivity contribution >= 4 is 0 Å². The molecule has 140 valence electrons. The second-order valence-electron chi connectivity index (χ2n) is 6.91. The SMILES string of the molecule is C=CC1=C2C(N)=C(N)C3=C4C(=C(N)C(N)=C(C(N)=C1N)C24)C(N)=C(N)C3N. The Bertz CT molecular complexity index is 1070. The molecule has 27 heavy (non-hydrogen) atoms. The molecule has 0 aromatic rings. The highest BCUT2D eigenvalue weighted by Gasteiger charge is 2.48. The van der Waals surface area contributed by atoms with Gasteiger partial charge in [0.1, 0.15) is 0 Å². The lowest BCUT2D eigenvalue weighted by Gasteiger charge is -2.45. The number of nitrogens with two attached hydrogens (primary N) is 9. The van der Waals surface area contributed by atoms with Crippen molar-refractivity contribution in [3.63, 3.8) is 0 Å². The molecule has 9 nitrogen and oxygen atoms in total. The zero-order valence-electron chi connectivity index (χ0n) is 14.6. The van der Waals surface area contributed by atoms with Crippen LogP contribution in [-0.2, 0) is 0 Å². The maximum atomic E-state index is 6.41. The molecule has 0 aromatic heterocycles. The van der Waals surface area contributed by atoms with Crippen molar-refractivity contribution in [2.45, 2.75) is 6.04 Å². The number of hydrogen-bond acceptors (Lipinski definition) is 9. The number of hydrogen-bond donors (Lipinski definition) is 9. The van der Waals surface area contributed by atoms with Crippen molar-refractivity contribution in [2.75, 3.05) is 0 Å². The quantitative estimate of drug-likeness (QED) is 0.240. The largest absolute Gasteiger partial charge is 0.399 e. The van der Waals surface area contributed by atoms with Gasteiger partial charge in [-0.2, -0.15) is 0 Å².